The zero-order chi connectivity index (χ0) is 28.6. The van der Waals surface area contributed by atoms with Gasteiger partial charge in [0.15, 0.2) is 29.9 Å². The van der Waals surface area contributed by atoms with Crippen molar-refractivity contribution in [1.29, 1.82) is 0 Å². The molecule has 0 amide bonds. The van der Waals surface area contributed by atoms with Crippen LogP contribution in [0.5, 0.6) is 0 Å². The molecule has 2 aliphatic carbocycles. The predicted octanol–water partition coefficient (Wildman–Crippen LogP) is 3.53. The molecule has 0 aromatic heterocycles. The number of ether oxygens (including phenoxy) is 4. The van der Waals surface area contributed by atoms with Gasteiger partial charge in [0.25, 0.3) is 0 Å². The fraction of sp³-hybridized carbons (Fsp3) is 0.323. The first kappa shape index (κ1) is 27.2. The van der Waals surface area contributed by atoms with Crippen molar-refractivity contribution in [2.24, 2.45) is 5.92 Å². The molecule has 1 heterocycles. The molecule has 2 aromatic carbocycles. The second-order valence-corrected chi connectivity index (χ2v) is 9.92. The molecule has 3 aliphatic rings. The van der Waals surface area contributed by atoms with Crippen LogP contribution in [-0.2, 0) is 33.3 Å². The van der Waals surface area contributed by atoms with Crippen molar-refractivity contribution in [3.63, 3.8) is 0 Å². The minimum Gasteiger partial charge on any atom is -0.456 e. The van der Waals surface area contributed by atoms with E-state index in [1.54, 1.807) is 30.3 Å². The van der Waals surface area contributed by atoms with E-state index in [1.165, 1.54) is 20.8 Å². The Hall–Kier alpha value is -4.37. The summed E-state index contributed by atoms with van der Waals surface area (Å²) in [5, 5.41) is 0. The molecular weight excluding hydrogens is 516 g/mol. The van der Waals surface area contributed by atoms with Crippen molar-refractivity contribution in [2.45, 2.75) is 51.1 Å². The molecular formula is C31H28O9. The van der Waals surface area contributed by atoms with Gasteiger partial charge in [-0.3, -0.25) is 24.0 Å². The summed E-state index contributed by atoms with van der Waals surface area (Å²) in [5.74, 6) is -3.94. The third-order valence-corrected chi connectivity index (χ3v) is 7.25. The summed E-state index contributed by atoms with van der Waals surface area (Å²) in [5.41, 5.74) is 1.97. The third-order valence-electron chi connectivity index (χ3n) is 7.25. The number of allylic oxidation sites excluding steroid dienone is 2. The second kappa shape index (κ2) is 11.0. The molecule has 0 spiro atoms. The molecule has 0 saturated carbocycles. The summed E-state index contributed by atoms with van der Waals surface area (Å²) < 4.78 is 22.6. The number of hydrogen-bond acceptors (Lipinski definition) is 9. The molecule has 40 heavy (non-hydrogen) atoms. The van der Waals surface area contributed by atoms with Crippen LogP contribution >= 0.6 is 0 Å². The Morgan fingerprint density at radius 2 is 1.25 bits per heavy atom. The molecule has 2 unspecified atom stereocenters. The van der Waals surface area contributed by atoms with E-state index in [-0.39, 0.29) is 29.3 Å². The van der Waals surface area contributed by atoms with Crippen molar-refractivity contribution >= 4 is 29.5 Å². The number of fused-ring (bicyclic) bond motifs is 1. The molecule has 2 aromatic rings. The summed E-state index contributed by atoms with van der Waals surface area (Å²) in [4.78, 5) is 64.1. The fourth-order valence-corrected chi connectivity index (χ4v) is 5.77. The molecule has 1 aliphatic heterocycles. The molecule has 206 valence electrons. The highest BCUT2D eigenvalue weighted by molar-refractivity contribution is 6.28. The largest absolute Gasteiger partial charge is 0.456 e. The first-order valence-electron chi connectivity index (χ1n) is 13.0. The van der Waals surface area contributed by atoms with Crippen LogP contribution in [0.1, 0.15) is 53.0 Å². The summed E-state index contributed by atoms with van der Waals surface area (Å²) in [7, 11) is 0. The predicted molar refractivity (Wildman–Crippen MR) is 140 cm³/mol. The maximum atomic E-state index is 14.1. The molecule has 9 nitrogen and oxygen atoms in total. The van der Waals surface area contributed by atoms with E-state index in [0.29, 0.717) is 11.1 Å². The molecule has 5 rings (SSSR count). The van der Waals surface area contributed by atoms with Gasteiger partial charge in [0.05, 0.1) is 6.61 Å². The van der Waals surface area contributed by atoms with Crippen molar-refractivity contribution in [1.82, 2.24) is 0 Å². The number of ketones is 2. The summed E-state index contributed by atoms with van der Waals surface area (Å²) in [6, 6.07) is 16.0. The van der Waals surface area contributed by atoms with Crippen LogP contribution in [0.2, 0.25) is 0 Å². The van der Waals surface area contributed by atoms with E-state index in [4.69, 9.17) is 18.9 Å². The zero-order valence-electron chi connectivity index (χ0n) is 22.2. The SMILES string of the molecule is CC(=O)O[C@@H]1[C@@H](OC(C)=O)[C@H](C2C=CC(c3ccccc3)C3=C2C(=O)c2ccccc2C3=O)OC[C@H]1OC(C)=O. The van der Waals surface area contributed by atoms with E-state index in [0.717, 1.165) is 5.56 Å². The second-order valence-electron chi connectivity index (χ2n) is 9.92. The first-order valence-corrected chi connectivity index (χ1v) is 13.0. The average Bonchev–Trinajstić information content (AvgIpc) is 2.92. The van der Waals surface area contributed by atoms with Gasteiger partial charge in [0.2, 0.25) is 0 Å². The van der Waals surface area contributed by atoms with E-state index in [1.807, 2.05) is 36.4 Å². The van der Waals surface area contributed by atoms with Gasteiger partial charge in [0, 0.05) is 54.9 Å². The quantitative estimate of drug-likeness (QED) is 0.316. The van der Waals surface area contributed by atoms with Crippen molar-refractivity contribution in [2.75, 3.05) is 6.61 Å². The topological polar surface area (TPSA) is 122 Å². The van der Waals surface area contributed by atoms with Crippen LogP contribution in [0.4, 0.5) is 0 Å². The Kier molecular flexibility index (Phi) is 7.49. The Bertz CT molecular complexity index is 1440. The first-order chi connectivity index (χ1) is 19.2. The van der Waals surface area contributed by atoms with Crippen molar-refractivity contribution in [3.8, 4) is 0 Å². The van der Waals surface area contributed by atoms with Crippen LogP contribution in [0.15, 0.2) is 77.9 Å². The maximum absolute atomic E-state index is 14.1. The molecule has 0 radical (unpaired) electrons. The zero-order valence-corrected chi connectivity index (χ0v) is 22.2. The van der Waals surface area contributed by atoms with Crippen LogP contribution in [0.25, 0.3) is 0 Å². The Labute approximate surface area is 230 Å². The monoisotopic (exact) mass is 544 g/mol. The number of benzene rings is 2. The van der Waals surface area contributed by atoms with Gasteiger partial charge in [-0.05, 0) is 5.56 Å². The van der Waals surface area contributed by atoms with Crippen LogP contribution in [0.3, 0.4) is 0 Å². The number of esters is 3. The van der Waals surface area contributed by atoms with Crippen LogP contribution < -0.4 is 0 Å². The van der Waals surface area contributed by atoms with Gasteiger partial charge in [-0.2, -0.15) is 0 Å². The summed E-state index contributed by atoms with van der Waals surface area (Å²) in [6.07, 6.45) is -0.908. The van der Waals surface area contributed by atoms with Gasteiger partial charge in [0.1, 0.15) is 6.10 Å². The van der Waals surface area contributed by atoms with E-state index >= 15 is 0 Å². The summed E-state index contributed by atoms with van der Waals surface area (Å²) >= 11 is 0. The van der Waals surface area contributed by atoms with E-state index in [2.05, 4.69) is 0 Å². The van der Waals surface area contributed by atoms with Gasteiger partial charge in [-0.1, -0.05) is 66.7 Å². The lowest BCUT2D eigenvalue weighted by Crippen LogP contribution is -2.59. The van der Waals surface area contributed by atoms with Gasteiger partial charge in [-0.25, -0.2) is 0 Å². The van der Waals surface area contributed by atoms with Crippen molar-refractivity contribution < 1.29 is 42.9 Å². The molecule has 1 fully saturated rings. The smallest absolute Gasteiger partial charge is 0.303 e. The normalized spacial score (nSPS) is 27.4. The molecule has 6 atom stereocenters. The van der Waals surface area contributed by atoms with Crippen molar-refractivity contribution in [3.05, 3.63) is 94.6 Å². The van der Waals surface area contributed by atoms with Gasteiger partial charge < -0.3 is 18.9 Å². The highest BCUT2D eigenvalue weighted by atomic mass is 16.6. The third kappa shape index (κ3) is 5.00. The number of rotatable bonds is 5. The summed E-state index contributed by atoms with van der Waals surface area (Å²) in [6.45, 7) is 3.39. The van der Waals surface area contributed by atoms with Crippen LogP contribution in [-0.4, -0.2) is 60.5 Å². The van der Waals surface area contributed by atoms with Crippen LogP contribution in [0, 0.1) is 5.92 Å². The highest BCUT2D eigenvalue weighted by Crippen LogP contribution is 2.45. The molecule has 0 N–H and O–H groups in total. The molecule has 0 bridgehead atoms. The van der Waals surface area contributed by atoms with E-state index < -0.39 is 54.2 Å². The Morgan fingerprint density at radius 3 is 1.85 bits per heavy atom. The minimum atomic E-state index is -1.24. The average molecular weight is 545 g/mol. The Morgan fingerprint density at radius 1 is 0.700 bits per heavy atom. The minimum absolute atomic E-state index is 0.187. The maximum Gasteiger partial charge on any atom is 0.303 e. The lowest BCUT2D eigenvalue weighted by atomic mass is 9.67. The molecule has 9 heteroatoms. The number of carbonyl (C=O) groups excluding carboxylic acids is 5. The standard InChI is InChI=1S/C31H28O9/c1-16(32)38-24-15-37-29(31(40-18(3)34)30(24)39-17(2)33)23-14-13-20(19-9-5-4-6-10-19)25-26(23)28(36)22-12-8-7-11-21(22)27(25)35/h4-14,20,23-24,29-31H,15H2,1-3H3/t20?,23?,24-,29+,30+,31+/m1/s1. The highest BCUT2D eigenvalue weighted by Gasteiger charge is 2.52. The lowest BCUT2D eigenvalue weighted by Gasteiger charge is -2.44. The fourth-order valence-electron chi connectivity index (χ4n) is 5.77. The number of Topliss-reactive ketones (excluding diaryl/α,β-unsaturated/α-hetero) is 2. The van der Waals surface area contributed by atoms with Gasteiger partial charge in [-0.15, -0.1) is 0 Å². The number of hydrogen-bond donors (Lipinski definition) is 0. The lowest BCUT2D eigenvalue weighted by molar-refractivity contribution is -0.229. The Balaban J connectivity index is 1.64. The van der Waals surface area contributed by atoms with Gasteiger partial charge >= 0.3 is 17.9 Å². The number of carbonyl (C=O) groups is 5. The molecule has 1 saturated heterocycles. The van der Waals surface area contributed by atoms with E-state index in [9.17, 15) is 24.0 Å².